The number of hydrogen-bond acceptors (Lipinski definition) is 6. The molecule has 0 radical (unpaired) electrons. The van der Waals surface area contributed by atoms with Gasteiger partial charge >= 0.3 is 0 Å². The van der Waals surface area contributed by atoms with Gasteiger partial charge in [0.1, 0.15) is 17.5 Å². The lowest BCUT2D eigenvalue weighted by molar-refractivity contribution is 0.0347. The van der Waals surface area contributed by atoms with Crippen molar-refractivity contribution in [3.05, 3.63) is 11.9 Å². The highest BCUT2D eigenvalue weighted by Crippen LogP contribution is 2.20. The maximum Gasteiger partial charge on any atom is 0.145 e. The third kappa shape index (κ3) is 4.61. The van der Waals surface area contributed by atoms with Crippen molar-refractivity contribution in [1.82, 2.24) is 9.97 Å². The molecule has 1 aromatic heterocycles. The minimum absolute atomic E-state index is 0.448. The van der Waals surface area contributed by atoms with Gasteiger partial charge in [-0.2, -0.15) is 0 Å². The van der Waals surface area contributed by atoms with E-state index in [1.54, 1.807) is 6.07 Å². The third-order valence-electron chi connectivity index (χ3n) is 3.55. The number of rotatable bonds is 7. The van der Waals surface area contributed by atoms with Crippen LogP contribution in [-0.4, -0.2) is 29.2 Å². The van der Waals surface area contributed by atoms with Crippen molar-refractivity contribution in [2.24, 2.45) is 5.84 Å². The van der Waals surface area contributed by atoms with Gasteiger partial charge in [0.15, 0.2) is 0 Å². The van der Waals surface area contributed by atoms with Crippen molar-refractivity contribution in [2.75, 3.05) is 23.9 Å². The van der Waals surface area contributed by atoms with Gasteiger partial charge in [-0.3, -0.25) is 0 Å². The van der Waals surface area contributed by atoms with Crippen molar-refractivity contribution < 1.29 is 4.74 Å². The minimum Gasteiger partial charge on any atom is -0.376 e. The van der Waals surface area contributed by atoms with E-state index in [2.05, 4.69) is 20.7 Å². The molecule has 0 bridgehead atoms. The molecule has 0 unspecified atom stereocenters. The molecule has 1 saturated carbocycles. The number of aromatic nitrogens is 2. The van der Waals surface area contributed by atoms with Crippen LogP contribution in [0.1, 0.15) is 44.9 Å². The molecule has 2 rings (SSSR count). The number of nitrogens with two attached hydrogens (primary N) is 1. The van der Waals surface area contributed by atoms with E-state index in [1.165, 1.54) is 32.1 Å². The van der Waals surface area contributed by atoms with Gasteiger partial charge in [0.2, 0.25) is 0 Å². The van der Waals surface area contributed by atoms with Gasteiger partial charge in [0, 0.05) is 19.0 Å². The fraction of sp³-hybridized carbons (Fsp3) is 0.714. The summed E-state index contributed by atoms with van der Waals surface area (Å²) in [5.74, 6) is 7.60. The lowest BCUT2D eigenvalue weighted by atomic mass is 9.98. The van der Waals surface area contributed by atoms with Crippen molar-refractivity contribution in [3.8, 4) is 0 Å². The van der Waals surface area contributed by atoms with E-state index in [0.717, 1.165) is 24.6 Å². The Bertz CT molecular complexity index is 384. The van der Waals surface area contributed by atoms with Crippen LogP contribution in [0.5, 0.6) is 0 Å². The molecule has 112 valence electrons. The lowest BCUT2D eigenvalue weighted by Crippen LogP contribution is -2.21. The number of aryl methyl sites for hydroxylation is 1. The molecule has 0 spiro atoms. The summed E-state index contributed by atoms with van der Waals surface area (Å²) >= 11 is 0. The van der Waals surface area contributed by atoms with Crippen LogP contribution in [0, 0.1) is 0 Å². The Morgan fingerprint density at radius 1 is 1.25 bits per heavy atom. The summed E-state index contributed by atoms with van der Waals surface area (Å²) in [6.45, 7) is 3.48. The van der Waals surface area contributed by atoms with E-state index in [-0.39, 0.29) is 0 Å². The van der Waals surface area contributed by atoms with Gasteiger partial charge in [-0.05, 0) is 12.8 Å². The molecule has 20 heavy (non-hydrogen) atoms. The highest BCUT2D eigenvalue weighted by Gasteiger charge is 2.13. The van der Waals surface area contributed by atoms with Crippen molar-refractivity contribution in [2.45, 2.75) is 51.6 Å². The molecule has 0 saturated heterocycles. The van der Waals surface area contributed by atoms with Crippen molar-refractivity contribution in [3.63, 3.8) is 0 Å². The van der Waals surface area contributed by atoms with Crippen LogP contribution in [0.3, 0.4) is 0 Å². The molecule has 0 atom stereocenters. The van der Waals surface area contributed by atoms with Crippen LogP contribution >= 0.6 is 0 Å². The smallest absolute Gasteiger partial charge is 0.145 e. The molecule has 6 nitrogen and oxygen atoms in total. The molecule has 6 heteroatoms. The summed E-state index contributed by atoms with van der Waals surface area (Å²) < 4.78 is 5.87. The lowest BCUT2D eigenvalue weighted by Gasteiger charge is -2.22. The number of ether oxygens (including phenoxy) is 1. The Morgan fingerprint density at radius 3 is 2.70 bits per heavy atom. The number of hydrazine groups is 1. The van der Waals surface area contributed by atoms with E-state index < -0.39 is 0 Å². The number of nitrogens with one attached hydrogen (secondary N) is 2. The zero-order valence-electron chi connectivity index (χ0n) is 12.2. The standard InChI is InChI=1S/C14H25N5O/c1-2-12-17-13(10-14(18-12)19-15)16-8-9-20-11-6-4-3-5-7-11/h10-11H,2-9,15H2,1H3,(H2,16,17,18,19). The average Bonchev–Trinajstić information content (AvgIpc) is 2.52. The topological polar surface area (TPSA) is 85.1 Å². The molecular formula is C14H25N5O. The number of nitrogens with zero attached hydrogens (tertiary/aromatic N) is 2. The van der Waals surface area contributed by atoms with Crippen LogP contribution in [0.15, 0.2) is 6.07 Å². The summed E-state index contributed by atoms with van der Waals surface area (Å²) in [5, 5.41) is 3.26. The summed E-state index contributed by atoms with van der Waals surface area (Å²) in [5.41, 5.74) is 2.56. The fourth-order valence-corrected chi connectivity index (χ4v) is 2.46. The van der Waals surface area contributed by atoms with Crippen LogP contribution in [0.2, 0.25) is 0 Å². The number of hydrogen-bond donors (Lipinski definition) is 3. The molecule has 0 aliphatic heterocycles. The predicted molar refractivity (Wildman–Crippen MR) is 80.5 cm³/mol. The monoisotopic (exact) mass is 279 g/mol. The molecule has 1 aromatic rings. The van der Waals surface area contributed by atoms with Crippen LogP contribution < -0.4 is 16.6 Å². The van der Waals surface area contributed by atoms with Gasteiger partial charge in [0.05, 0.1) is 12.7 Å². The highest BCUT2D eigenvalue weighted by atomic mass is 16.5. The second-order valence-electron chi connectivity index (χ2n) is 5.11. The zero-order valence-corrected chi connectivity index (χ0v) is 12.2. The molecule has 4 N–H and O–H groups in total. The van der Waals surface area contributed by atoms with Gasteiger partial charge in [-0.25, -0.2) is 15.8 Å². The Labute approximate surface area is 120 Å². The predicted octanol–water partition coefficient (Wildman–Crippen LogP) is 2.09. The summed E-state index contributed by atoms with van der Waals surface area (Å²) in [6, 6.07) is 1.81. The first-order valence-corrected chi connectivity index (χ1v) is 7.52. The Morgan fingerprint density at radius 2 is 2.00 bits per heavy atom. The first-order valence-electron chi connectivity index (χ1n) is 7.52. The zero-order chi connectivity index (χ0) is 14.2. The van der Waals surface area contributed by atoms with Gasteiger partial charge < -0.3 is 15.5 Å². The van der Waals surface area contributed by atoms with Crippen LogP contribution in [0.4, 0.5) is 11.6 Å². The van der Waals surface area contributed by atoms with E-state index in [0.29, 0.717) is 18.5 Å². The van der Waals surface area contributed by atoms with Crippen LogP contribution in [0.25, 0.3) is 0 Å². The largest absolute Gasteiger partial charge is 0.376 e. The van der Waals surface area contributed by atoms with Crippen molar-refractivity contribution in [1.29, 1.82) is 0 Å². The van der Waals surface area contributed by atoms with Gasteiger partial charge in [-0.15, -0.1) is 0 Å². The second kappa shape index (κ2) is 8.01. The Hall–Kier alpha value is -1.40. The third-order valence-corrected chi connectivity index (χ3v) is 3.55. The Kier molecular flexibility index (Phi) is 6.01. The maximum absolute atomic E-state index is 5.87. The average molecular weight is 279 g/mol. The molecule has 1 fully saturated rings. The second-order valence-corrected chi connectivity index (χ2v) is 5.11. The number of nitrogen functional groups attached to an aromatic ring is 1. The van der Waals surface area contributed by atoms with Crippen molar-refractivity contribution >= 4 is 11.6 Å². The fourth-order valence-electron chi connectivity index (χ4n) is 2.46. The molecule has 1 aliphatic carbocycles. The first-order chi connectivity index (χ1) is 9.81. The van der Waals surface area contributed by atoms with E-state index >= 15 is 0 Å². The molecule has 0 aromatic carbocycles. The Balaban J connectivity index is 1.75. The molecule has 1 aliphatic rings. The maximum atomic E-state index is 5.87. The van der Waals surface area contributed by atoms with Gasteiger partial charge in [-0.1, -0.05) is 26.2 Å². The molecular weight excluding hydrogens is 254 g/mol. The minimum atomic E-state index is 0.448. The SMILES string of the molecule is CCc1nc(NN)cc(NCCOC2CCCCC2)n1. The van der Waals surface area contributed by atoms with E-state index in [9.17, 15) is 0 Å². The van der Waals surface area contributed by atoms with E-state index in [1.807, 2.05) is 6.92 Å². The summed E-state index contributed by atoms with van der Waals surface area (Å²) in [6.07, 6.45) is 7.59. The molecule has 1 heterocycles. The summed E-state index contributed by atoms with van der Waals surface area (Å²) in [7, 11) is 0. The van der Waals surface area contributed by atoms with Gasteiger partial charge in [0.25, 0.3) is 0 Å². The quantitative estimate of drug-likeness (QED) is 0.402. The summed E-state index contributed by atoms with van der Waals surface area (Å²) in [4.78, 5) is 8.66. The normalized spacial score (nSPS) is 16.1. The number of anilines is 2. The molecule has 0 amide bonds. The van der Waals surface area contributed by atoms with Crippen LogP contribution in [-0.2, 0) is 11.2 Å². The highest BCUT2D eigenvalue weighted by molar-refractivity contribution is 5.46. The first kappa shape index (κ1) is 15.0. The van der Waals surface area contributed by atoms with E-state index in [4.69, 9.17) is 10.6 Å².